The SMILES string of the molecule is CC.Cc1nc(-c2cccc([N+](=O)[O-])c2)nc2c1sc1nccnc12. The maximum atomic E-state index is 10.9. The highest BCUT2D eigenvalue weighted by Crippen LogP contribution is 2.33. The zero-order valence-corrected chi connectivity index (χ0v) is 14.7. The summed E-state index contributed by atoms with van der Waals surface area (Å²) in [4.78, 5) is 29.0. The zero-order chi connectivity index (χ0) is 18.0. The third-order valence-corrected chi connectivity index (χ3v) is 4.62. The maximum Gasteiger partial charge on any atom is 0.270 e. The molecule has 0 N–H and O–H groups in total. The minimum absolute atomic E-state index is 0.0128. The van der Waals surface area contributed by atoms with Crippen LogP contribution in [-0.2, 0) is 0 Å². The lowest BCUT2D eigenvalue weighted by Crippen LogP contribution is -1.94. The van der Waals surface area contributed by atoms with Gasteiger partial charge in [-0.3, -0.25) is 10.1 Å². The summed E-state index contributed by atoms with van der Waals surface area (Å²) in [6.45, 7) is 5.89. The Morgan fingerprint density at radius 1 is 1.08 bits per heavy atom. The van der Waals surface area contributed by atoms with Crippen molar-refractivity contribution < 1.29 is 4.92 Å². The van der Waals surface area contributed by atoms with Gasteiger partial charge in [-0.05, 0) is 6.92 Å². The topological polar surface area (TPSA) is 94.7 Å². The van der Waals surface area contributed by atoms with Crippen LogP contribution in [0.25, 0.3) is 32.0 Å². The Morgan fingerprint density at radius 3 is 2.60 bits per heavy atom. The molecule has 4 aromatic rings. The molecule has 7 nitrogen and oxygen atoms in total. The van der Waals surface area contributed by atoms with Crippen LogP contribution in [0.15, 0.2) is 36.7 Å². The second-order valence-corrected chi connectivity index (χ2v) is 5.93. The number of benzene rings is 1. The Kier molecular flexibility index (Phi) is 4.62. The largest absolute Gasteiger partial charge is 0.270 e. The van der Waals surface area contributed by atoms with Crippen LogP contribution in [0.3, 0.4) is 0 Å². The number of nitro benzene ring substituents is 1. The summed E-state index contributed by atoms with van der Waals surface area (Å²) in [6, 6.07) is 6.30. The quantitative estimate of drug-likeness (QED) is 0.388. The van der Waals surface area contributed by atoms with Gasteiger partial charge in [0.2, 0.25) is 0 Å². The monoisotopic (exact) mass is 353 g/mol. The molecule has 4 rings (SSSR count). The highest BCUT2D eigenvalue weighted by molar-refractivity contribution is 7.25. The molecule has 0 saturated heterocycles. The van der Waals surface area contributed by atoms with Crippen molar-refractivity contribution in [2.75, 3.05) is 0 Å². The molecule has 0 spiro atoms. The average Bonchev–Trinajstić information content (AvgIpc) is 3.03. The lowest BCUT2D eigenvalue weighted by molar-refractivity contribution is -0.384. The number of non-ortho nitro benzene ring substituents is 1. The van der Waals surface area contributed by atoms with E-state index in [0.717, 1.165) is 26.3 Å². The van der Waals surface area contributed by atoms with Crippen molar-refractivity contribution in [2.45, 2.75) is 20.8 Å². The average molecular weight is 353 g/mol. The first-order valence-corrected chi connectivity index (χ1v) is 8.58. The molecular formula is C17H15N5O2S. The Labute approximate surface area is 147 Å². The molecule has 25 heavy (non-hydrogen) atoms. The Balaban J connectivity index is 0.000000880. The van der Waals surface area contributed by atoms with Crippen LogP contribution in [-0.4, -0.2) is 24.9 Å². The minimum Gasteiger partial charge on any atom is -0.258 e. The minimum atomic E-state index is -0.430. The smallest absolute Gasteiger partial charge is 0.258 e. The van der Waals surface area contributed by atoms with Crippen molar-refractivity contribution in [1.29, 1.82) is 0 Å². The van der Waals surface area contributed by atoms with Gasteiger partial charge in [-0.1, -0.05) is 26.0 Å². The zero-order valence-electron chi connectivity index (χ0n) is 13.9. The predicted octanol–water partition coefficient (Wildman–Crippen LogP) is 4.54. The third kappa shape index (κ3) is 3.03. The molecule has 0 bridgehead atoms. The molecular weight excluding hydrogens is 338 g/mol. The van der Waals surface area contributed by atoms with Crippen LogP contribution < -0.4 is 0 Å². The number of fused-ring (bicyclic) bond motifs is 3. The van der Waals surface area contributed by atoms with E-state index in [2.05, 4.69) is 19.9 Å². The first-order valence-electron chi connectivity index (χ1n) is 7.76. The van der Waals surface area contributed by atoms with Crippen LogP contribution in [0.4, 0.5) is 5.69 Å². The van der Waals surface area contributed by atoms with Crippen LogP contribution in [0, 0.1) is 17.0 Å². The van der Waals surface area contributed by atoms with Crippen molar-refractivity contribution in [2.24, 2.45) is 0 Å². The van der Waals surface area contributed by atoms with Gasteiger partial charge in [0.25, 0.3) is 5.69 Å². The van der Waals surface area contributed by atoms with E-state index in [9.17, 15) is 10.1 Å². The highest BCUT2D eigenvalue weighted by atomic mass is 32.1. The maximum absolute atomic E-state index is 10.9. The van der Waals surface area contributed by atoms with E-state index in [-0.39, 0.29) is 5.69 Å². The molecule has 3 heterocycles. The number of hydrogen-bond acceptors (Lipinski definition) is 7. The molecule has 0 fully saturated rings. The Morgan fingerprint density at radius 2 is 1.84 bits per heavy atom. The summed E-state index contributed by atoms with van der Waals surface area (Å²) in [5.74, 6) is 0.448. The van der Waals surface area contributed by atoms with Crippen LogP contribution in [0.2, 0.25) is 0 Å². The van der Waals surface area contributed by atoms with Crippen LogP contribution in [0.5, 0.6) is 0 Å². The first kappa shape index (κ1) is 16.8. The van der Waals surface area contributed by atoms with E-state index in [1.807, 2.05) is 20.8 Å². The molecule has 0 aliphatic heterocycles. The molecule has 0 unspecified atom stereocenters. The molecule has 1 aromatic carbocycles. The number of nitro groups is 1. The van der Waals surface area contributed by atoms with E-state index in [1.165, 1.54) is 23.5 Å². The van der Waals surface area contributed by atoms with Crippen molar-refractivity contribution in [1.82, 2.24) is 19.9 Å². The van der Waals surface area contributed by atoms with Gasteiger partial charge >= 0.3 is 0 Å². The summed E-state index contributed by atoms with van der Waals surface area (Å²) in [7, 11) is 0. The van der Waals surface area contributed by atoms with Crippen LogP contribution >= 0.6 is 11.3 Å². The molecule has 3 aromatic heterocycles. The van der Waals surface area contributed by atoms with Crippen molar-refractivity contribution in [3.8, 4) is 11.4 Å². The molecule has 0 aliphatic rings. The fraction of sp³-hybridized carbons (Fsp3) is 0.176. The van der Waals surface area contributed by atoms with E-state index >= 15 is 0 Å². The highest BCUT2D eigenvalue weighted by Gasteiger charge is 2.15. The standard InChI is InChI=1S/C15H9N5O2S.C2H6/c1-8-13-11(12-15(23-13)17-6-5-16-12)19-14(18-8)9-3-2-4-10(7-9)20(21)22;1-2/h2-7H,1H3;1-2H3. The second kappa shape index (κ2) is 6.86. The van der Waals surface area contributed by atoms with Gasteiger partial charge in [0, 0.05) is 30.1 Å². The van der Waals surface area contributed by atoms with Gasteiger partial charge in [0.15, 0.2) is 5.82 Å². The molecule has 8 heteroatoms. The summed E-state index contributed by atoms with van der Waals surface area (Å²) in [6.07, 6.45) is 3.26. The fourth-order valence-corrected chi connectivity index (χ4v) is 3.38. The van der Waals surface area contributed by atoms with Crippen molar-refractivity contribution in [3.05, 3.63) is 52.5 Å². The number of hydrogen-bond donors (Lipinski definition) is 0. The summed E-state index contributed by atoms with van der Waals surface area (Å²) in [5.41, 5.74) is 2.88. The van der Waals surface area contributed by atoms with Crippen LogP contribution in [0.1, 0.15) is 19.5 Å². The van der Waals surface area contributed by atoms with Crippen molar-refractivity contribution >= 4 is 37.6 Å². The molecule has 0 radical (unpaired) electrons. The van der Waals surface area contributed by atoms with Gasteiger partial charge in [0.05, 0.1) is 15.3 Å². The van der Waals surface area contributed by atoms with Gasteiger partial charge in [-0.25, -0.2) is 19.9 Å². The number of rotatable bonds is 2. The van der Waals surface area contributed by atoms with E-state index < -0.39 is 4.92 Å². The third-order valence-electron chi connectivity index (χ3n) is 3.44. The van der Waals surface area contributed by atoms with Gasteiger partial charge in [-0.15, -0.1) is 11.3 Å². The van der Waals surface area contributed by atoms with Crippen molar-refractivity contribution in [3.63, 3.8) is 0 Å². The number of nitrogens with zero attached hydrogens (tertiary/aromatic N) is 5. The Bertz CT molecular complexity index is 1080. The summed E-state index contributed by atoms with van der Waals surface area (Å²) >= 11 is 1.49. The first-order chi connectivity index (χ1) is 12.1. The number of aryl methyl sites for hydroxylation is 1. The molecule has 0 amide bonds. The van der Waals surface area contributed by atoms with Gasteiger partial charge in [0.1, 0.15) is 15.9 Å². The lowest BCUT2D eigenvalue weighted by atomic mass is 10.2. The van der Waals surface area contributed by atoms with E-state index in [4.69, 9.17) is 0 Å². The number of aromatic nitrogens is 4. The van der Waals surface area contributed by atoms with Gasteiger partial charge in [-0.2, -0.15) is 0 Å². The molecule has 0 saturated carbocycles. The summed E-state index contributed by atoms with van der Waals surface area (Å²) < 4.78 is 0.931. The molecule has 126 valence electrons. The van der Waals surface area contributed by atoms with Gasteiger partial charge < -0.3 is 0 Å². The predicted molar refractivity (Wildman–Crippen MR) is 98.7 cm³/mol. The fourth-order valence-electron chi connectivity index (χ4n) is 2.39. The summed E-state index contributed by atoms with van der Waals surface area (Å²) in [5, 5.41) is 10.9. The van der Waals surface area contributed by atoms with E-state index in [0.29, 0.717) is 11.4 Å². The van der Waals surface area contributed by atoms with E-state index in [1.54, 1.807) is 24.5 Å². The second-order valence-electron chi connectivity index (χ2n) is 4.93. The molecule has 0 aliphatic carbocycles. The Hall–Kier alpha value is -3.00. The normalized spacial score (nSPS) is 10.5. The number of thiophene rings is 1. The molecule has 0 atom stereocenters. The lowest BCUT2D eigenvalue weighted by Gasteiger charge is -2.03.